The van der Waals surface area contributed by atoms with Crippen molar-refractivity contribution in [3.8, 4) is 0 Å². The molecule has 1 aromatic rings. The van der Waals surface area contributed by atoms with Gasteiger partial charge in [0.15, 0.2) is 0 Å². The third-order valence-corrected chi connectivity index (χ3v) is 5.21. The first-order valence-corrected chi connectivity index (χ1v) is 9.08. The van der Waals surface area contributed by atoms with Gasteiger partial charge in [0, 0.05) is 5.02 Å². The molecule has 9 heteroatoms. The lowest BCUT2D eigenvalue weighted by Gasteiger charge is -2.19. The normalized spacial score (nSPS) is 13.2. The molecule has 0 fully saturated rings. The highest BCUT2D eigenvalue weighted by molar-refractivity contribution is 7.98. The predicted molar refractivity (Wildman–Crippen MR) is 78.6 cm³/mol. The lowest BCUT2D eigenvalue weighted by Crippen LogP contribution is -2.48. The van der Waals surface area contributed by atoms with Gasteiger partial charge in [-0.3, -0.25) is 0 Å². The molecule has 0 spiro atoms. The van der Waals surface area contributed by atoms with Crippen molar-refractivity contribution in [2.24, 2.45) is 0 Å². The number of rotatable bonds is 7. The first kappa shape index (κ1) is 17.6. The van der Waals surface area contributed by atoms with Crippen molar-refractivity contribution in [2.75, 3.05) is 12.0 Å². The summed E-state index contributed by atoms with van der Waals surface area (Å²) in [7, 11) is -4.08. The van der Waals surface area contributed by atoms with Crippen LogP contribution in [0.4, 0.5) is 0 Å². The van der Waals surface area contributed by atoms with E-state index in [0.717, 1.165) is 6.07 Å². The lowest BCUT2D eigenvalue weighted by molar-refractivity contribution is -0.308. The van der Waals surface area contributed by atoms with Gasteiger partial charge in [0.05, 0.1) is 17.0 Å². The third kappa shape index (κ3) is 4.82. The lowest BCUT2D eigenvalue weighted by atomic mass is 10.2. The Kier molecular flexibility index (Phi) is 6.60. The van der Waals surface area contributed by atoms with Crippen molar-refractivity contribution < 1.29 is 18.3 Å². The van der Waals surface area contributed by atoms with Crippen LogP contribution in [0.2, 0.25) is 10.0 Å². The zero-order valence-corrected chi connectivity index (χ0v) is 13.6. The van der Waals surface area contributed by atoms with Gasteiger partial charge < -0.3 is 9.90 Å². The highest BCUT2D eigenvalue weighted by Gasteiger charge is 2.23. The van der Waals surface area contributed by atoms with Crippen LogP contribution >= 0.6 is 35.0 Å². The summed E-state index contributed by atoms with van der Waals surface area (Å²) < 4.78 is 26.3. The summed E-state index contributed by atoms with van der Waals surface area (Å²) in [4.78, 5) is 10.7. The van der Waals surface area contributed by atoms with Gasteiger partial charge in [-0.15, -0.1) is 0 Å². The van der Waals surface area contributed by atoms with Crippen LogP contribution in [0.5, 0.6) is 0 Å². The number of benzene rings is 1. The fraction of sp³-hybridized carbons (Fsp3) is 0.364. The molecule has 0 heterocycles. The second-order valence-corrected chi connectivity index (χ2v) is 7.36. The summed E-state index contributed by atoms with van der Waals surface area (Å²) in [5, 5.41) is 11.1. The maximum absolute atomic E-state index is 12.1. The molecule has 1 rings (SSSR count). The summed E-state index contributed by atoms with van der Waals surface area (Å²) in [6, 6.07) is 2.61. The van der Waals surface area contributed by atoms with Crippen LogP contribution in [0.1, 0.15) is 6.42 Å². The molecule has 5 nitrogen and oxygen atoms in total. The average Bonchev–Trinajstić information content (AvgIpc) is 2.36. The van der Waals surface area contributed by atoms with E-state index < -0.39 is 22.0 Å². The molecular formula is C11H12Cl2NO4S2-. The zero-order valence-electron chi connectivity index (χ0n) is 10.4. The summed E-state index contributed by atoms with van der Waals surface area (Å²) in [5.41, 5.74) is 0. The molecule has 0 unspecified atom stereocenters. The molecular weight excluding hydrogens is 345 g/mol. The number of carbonyl (C=O) groups is 1. The van der Waals surface area contributed by atoms with Crippen LogP contribution in [0.15, 0.2) is 23.1 Å². The topological polar surface area (TPSA) is 86.3 Å². The Balaban J connectivity index is 3.03. The average molecular weight is 357 g/mol. The number of carboxylic acid groups (broad SMARTS) is 1. The Bertz CT molecular complexity index is 592. The second-order valence-electron chi connectivity index (χ2n) is 3.85. The first-order valence-electron chi connectivity index (χ1n) is 5.45. The zero-order chi connectivity index (χ0) is 15.3. The van der Waals surface area contributed by atoms with E-state index in [0.29, 0.717) is 5.75 Å². The smallest absolute Gasteiger partial charge is 0.242 e. The largest absolute Gasteiger partial charge is 0.548 e. The minimum absolute atomic E-state index is 0.0381. The molecule has 0 aromatic heterocycles. The van der Waals surface area contributed by atoms with E-state index in [-0.39, 0.29) is 21.4 Å². The number of thioether (sulfide) groups is 1. The van der Waals surface area contributed by atoms with Gasteiger partial charge in [-0.1, -0.05) is 23.2 Å². The van der Waals surface area contributed by atoms with Gasteiger partial charge in [-0.2, -0.15) is 11.8 Å². The van der Waals surface area contributed by atoms with Crippen LogP contribution in [0.25, 0.3) is 0 Å². The van der Waals surface area contributed by atoms with E-state index in [9.17, 15) is 18.3 Å². The summed E-state index contributed by atoms with van der Waals surface area (Å²) in [5.74, 6) is -1.01. The Labute approximate surface area is 131 Å². The molecule has 0 amide bonds. The SMILES string of the molecule is CSCC[C@@H](NS(=O)(=O)c1cc(Cl)ccc1Cl)C(=O)[O-]. The number of aliphatic carboxylic acids is 1. The number of carbonyl (C=O) groups excluding carboxylic acids is 1. The quantitative estimate of drug-likeness (QED) is 0.791. The van der Waals surface area contributed by atoms with E-state index in [4.69, 9.17) is 23.2 Å². The van der Waals surface area contributed by atoms with E-state index in [2.05, 4.69) is 4.72 Å². The van der Waals surface area contributed by atoms with Crippen molar-refractivity contribution in [1.82, 2.24) is 4.72 Å². The Hall–Kier alpha value is -0.470. The van der Waals surface area contributed by atoms with Crippen LogP contribution in [-0.2, 0) is 14.8 Å². The molecule has 0 radical (unpaired) electrons. The Morgan fingerprint density at radius 1 is 1.45 bits per heavy atom. The molecule has 1 N–H and O–H groups in total. The second kappa shape index (κ2) is 7.51. The highest BCUT2D eigenvalue weighted by Crippen LogP contribution is 2.25. The van der Waals surface area contributed by atoms with Gasteiger partial charge in [0.1, 0.15) is 4.90 Å². The molecule has 1 aromatic carbocycles. The monoisotopic (exact) mass is 356 g/mol. The molecule has 1 atom stereocenters. The van der Waals surface area contributed by atoms with Gasteiger partial charge in [0.25, 0.3) is 0 Å². The van der Waals surface area contributed by atoms with Gasteiger partial charge in [-0.25, -0.2) is 13.1 Å². The summed E-state index contributed by atoms with van der Waals surface area (Å²) in [6.07, 6.45) is 1.90. The predicted octanol–water partition coefficient (Wildman–Crippen LogP) is 1.14. The number of nitrogens with one attached hydrogen (secondary N) is 1. The van der Waals surface area contributed by atoms with E-state index in [1.165, 1.54) is 23.9 Å². The van der Waals surface area contributed by atoms with Crippen LogP contribution in [-0.4, -0.2) is 32.4 Å². The molecule has 0 bridgehead atoms. The number of sulfonamides is 1. The van der Waals surface area contributed by atoms with Crippen LogP contribution in [0, 0.1) is 0 Å². The number of hydrogen-bond acceptors (Lipinski definition) is 5. The van der Waals surface area contributed by atoms with Gasteiger partial charge >= 0.3 is 0 Å². The maximum Gasteiger partial charge on any atom is 0.242 e. The number of carboxylic acids is 1. The highest BCUT2D eigenvalue weighted by atomic mass is 35.5. The maximum atomic E-state index is 12.1. The molecule has 20 heavy (non-hydrogen) atoms. The summed E-state index contributed by atoms with van der Waals surface area (Å²) in [6.45, 7) is 0. The standard InChI is InChI=1S/C11H13Cl2NO4S2/c1-19-5-4-9(11(15)16)14-20(17,18)10-6-7(12)2-3-8(10)13/h2-3,6,9,14H,4-5H2,1H3,(H,15,16)/p-1/t9-/m1/s1. The van der Waals surface area contributed by atoms with E-state index in [1.54, 1.807) is 6.26 Å². The first-order chi connectivity index (χ1) is 9.27. The van der Waals surface area contributed by atoms with Crippen LogP contribution < -0.4 is 9.83 Å². The molecule has 0 aliphatic heterocycles. The van der Waals surface area contributed by atoms with Gasteiger partial charge in [0.2, 0.25) is 10.0 Å². The Morgan fingerprint density at radius 2 is 2.10 bits per heavy atom. The van der Waals surface area contributed by atoms with E-state index in [1.807, 2.05) is 0 Å². The van der Waals surface area contributed by atoms with E-state index >= 15 is 0 Å². The van der Waals surface area contributed by atoms with Crippen molar-refractivity contribution in [1.29, 1.82) is 0 Å². The third-order valence-electron chi connectivity index (χ3n) is 2.38. The Morgan fingerprint density at radius 3 is 2.65 bits per heavy atom. The van der Waals surface area contributed by atoms with Crippen molar-refractivity contribution in [2.45, 2.75) is 17.4 Å². The fourth-order valence-corrected chi connectivity index (χ4v) is 3.85. The molecule has 0 saturated carbocycles. The van der Waals surface area contributed by atoms with Crippen LogP contribution in [0.3, 0.4) is 0 Å². The minimum atomic E-state index is -4.08. The van der Waals surface area contributed by atoms with Gasteiger partial charge in [-0.05, 0) is 36.6 Å². The molecule has 112 valence electrons. The fourth-order valence-electron chi connectivity index (χ4n) is 1.39. The van der Waals surface area contributed by atoms with Crippen molar-refractivity contribution >= 4 is 51.0 Å². The number of hydrogen-bond donors (Lipinski definition) is 1. The molecule has 0 aliphatic rings. The van der Waals surface area contributed by atoms with Crippen molar-refractivity contribution in [3.63, 3.8) is 0 Å². The summed E-state index contributed by atoms with van der Waals surface area (Å²) >= 11 is 12.9. The number of halogens is 2. The minimum Gasteiger partial charge on any atom is -0.548 e. The molecule has 0 saturated heterocycles. The van der Waals surface area contributed by atoms with Crippen molar-refractivity contribution in [3.05, 3.63) is 28.2 Å². The molecule has 0 aliphatic carbocycles.